The molecule has 0 bridgehead atoms. The molecule has 0 amide bonds. The van der Waals surface area contributed by atoms with Gasteiger partial charge in [-0.15, -0.1) is 0 Å². The number of allylic oxidation sites excluding steroid dienone is 3. The topological polar surface area (TPSA) is 92.0 Å². The number of ether oxygens (including phenoxy) is 1. The number of benzene rings is 1. The lowest BCUT2D eigenvalue weighted by molar-refractivity contribution is -0.139. The summed E-state index contributed by atoms with van der Waals surface area (Å²) in [5.41, 5.74) is 3.44. The SMILES string of the molecule is C=C/C=C\C(=C/C)CN(C)CCc1c(C=S)n(CC(=O)O)c2ccc(OCC(=O)O)cc12. The van der Waals surface area contributed by atoms with Crippen LogP contribution in [0.5, 0.6) is 5.75 Å². The van der Waals surface area contributed by atoms with Crippen molar-refractivity contribution in [2.45, 2.75) is 19.9 Å². The Hall–Kier alpha value is -3.23. The lowest BCUT2D eigenvalue weighted by Gasteiger charge is -2.17. The zero-order chi connectivity index (χ0) is 23.7. The number of carbonyl (C=O) groups is 2. The van der Waals surface area contributed by atoms with Crippen molar-refractivity contribution >= 4 is 40.4 Å². The summed E-state index contributed by atoms with van der Waals surface area (Å²) in [6.45, 7) is 6.46. The van der Waals surface area contributed by atoms with Gasteiger partial charge in [0.15, 0.2) is 6.61 Å². The van der Waals surface area contributed by atoms with Gasteiger partial charge in [-0.1, -0.05) is 43.1 Å². The van der Waals surface area contributed by atoms with Crippen LogP contribution in [0.4, 0.5) is 0 Å². The smallest absolute Gasteiger partial charge is 0.341 e. The Morgan fingerprint density at radius 2 is 2.03 bits per heavy atom. The number of aromatic nitrogens is 1. The first kappa shape index (κ1) is 25.0. The van der Waals surface area contributed by atoms with Gasteiger partial charge in [-0.3, -0.25) is 4.79 Å². The summed E-state index contributed by atoms with van der Waals surface area (Å²) in [6.07, 6.45) is 8.31. The summed E-state index contributed by atoms with van der Waals surface area (Å²) in [6, 6.07) is 5.12. The van der Waals surface area contributed by atoms with E-state index in [2.05, 4.69) is 11.5 Å². The van der Waals surface area contributed by atoms with Gasteiger partial charge in [0.25, 0.3) is 0 Å². The average molecular weight is 457 g/mol. The Balaban J connectivity index is 2.38. The minimum atomic E-state index is -1.07. The quantitative estimate of drug-likeness (QED) is 0.351. The van der Waals surface area contributed by atoms with Crippen LogP contribution >= 0.6 is 12.2 Å². The molecule has 0 spiro atoms. The summed E-state index contributed by atoms with van der Waals surface area (Å²) < 4.78 is 7.00. The highest BCUT2D eigenvalue weighted by Gasteiger charge is 2.19. The zero-order valence-electron chi connectivity index (χ0n) is 18.3. The molecule has 1 aromatic carbocycles. The molecule has 2 rings (SSSR count). The predicted octanol–water partition coefficient (Wildman–Crippen LogP) is 3.70. The molecule has 7 nitrogen and oxygen atoms in total. The molecular weight excluding hydrogens is 428 g/mol. The number of carboxylic acid groups (broad SMARTS) is 2. The molecule has 8 heteroatoms. The average Bonchev–Trinajstić information content (AvgIpc) is 3.04. The summed E-state index contributed by atoms with van der Waals surface area (Å²) in [5, 5.41) is 20.6. The molecule has 0 unspecified atom stereocenters. The number of hydrogen-bond donors (Lipinski definition) is 2. The van der Waals surface area contributed by atoms with Gasteiger partial charge in [-0.25, -0.2) is 4.79 Å². The fraction of sp³-hybridized carbons (Fsp3) is 0.292. The fourth-order valence-corrected chi connectivity index (χ4v) is 3.76. The fourth-order valence-electron chi connectivity index (χ4n) is 3.49. The van der Waals surface area contributed by atoms with Gasteiger partial charge >= 0.3 is 11.9 Å². The van der Waals surface area contributed by atoms with Crippen LogP contribution in [0.15, 0.2) is 54.7 Å². The lowest BCUT2D eigenvalue weighted by Crippen LogP contribution is -2.23. The molecule has 0 saturated carbocycles. The van der Waals surface area contributed by atoms with E-state index in [1.807, 2.05) is 32.2 Å². The summed E-state index contributed by atoms with van der Waals surface area (Å²) >= 11 is 5.23. The molecule has 0 atom stereocenters. The van der Waals surface area contributed by atoms with E-state index in [0.29, 0.717) is 29.9 Å². The maximum absolute atomic E-state index is 11.5. The standard InChI is InChI=1S/C24H28N2O5S/c1-4-6-7-17(5-2)13-25(3)11-10-19-20-12-18(31-15-24(29)30)8-9-21(20)26(14-23(27)28)22(19)16-32/h4-9,12,16H,1,10-11,13-15H2,2-3H3,(H,27,28)(H,29,30)/b7-6-,17-5+. The second kappa shape index (κ2) is 12.0. The summed E-state index contributed by atoms with van der Waals surface area (Å²) in [7, 11) is 2.01. The normalized spacial score (nSPS) is 11.9. The predicted molar refractivity (Wildman–Crippen MR) is 130 cm³/mol. The van der Waals surface area contributed by atoms with Crippen LogP contribution in [-0.2, 0) is 22.6 Å². The number of thiocarbonyl (C=S) groups is 1. The van der Waals surface area contributed by atoms with Crippen molar-refractivity contribution in [3.05, 3.63) is 65.9 Å². The van der Waals surface area contributed by atoms with Crippen LogP contribution in [0.1, 0.15) is 18.2 Å². The molecule has 32 heavy (non-hydrogen) atoms. The van der Waals surface area contributed by atoms with Crippen LogP contribution < -0.4 is 4.74 Å². The molecule has 170 valence electrons. The van der Waals surface area contributed by atoms with E-state index in [4.69, 9.17) is 22.1 Å². The largest absolute Gasteiger partial charge is 0.482 e. The number of aliphatic carboxylic acids is 2. The Kier molecular flexibility index (Phi) is 9.37. The monoisotopic (exact) mass is 456 g/mol. The van der Waals surface area contributed by atoms with Gasteiger partial charge in [0.05, 0.1) is 5.69 Å². The van der Waals surface area contributed by atoms with Crippen molar-refractivity contribution in [3.8, 4) is 5.75 Å². The van der Waals surface area contributed by atoms with Crippen LogP contribution in [0, 0.1) is 0 Å². The van der Waals surface area contributed by atoms with Crippen molar-refractivity contribution in [3.63, 3.8) is 0 Å². The van der Waals surface area contributed by atoms with E-state index >= 15 is 0 Å². The van der Waals surface area contributed by atoms with Gasteiger partial charge in [0.2, 0.25) is 0 Å². The minimum Gasteiger partial charge on any atom is -0.482 e. The third-order valence-electron chi connectivity index (χ3n) is 4.96. The molecule has 0 saturated heterocycles. The Labute approximate surface area is 192 Å². The molecule has 0 aliphatic rings. The van der Waals surface area contributed by atoms with Crippen LogP contribution in [0.2, 0.25) is 0 Å². The number of hydrogen-bond acceptors (Lipinski definition) is 5. The zero-order valence-corrected chi connectivity index (χ0v) is 19.1. The second-order valence-corrected chi connectivity index (χ2v) is 7.50. The third kappa shape index (κ3) is 6.63. The minimum absolute atomic E-state index is 0.223. The van der Waals surface area contributed by atoms with Crippen molar-refractivity contribution in [1.29, 1.82) is 0 Å². The number of fused-ring (bicyclic) bond motifs is 1. The Morgan fingerprint density at radius 3 is 2.62 bits per heavy atom. The molecular formula is C24H28N2O5S. The molecule has 0 radical (unpaired) electrons. The molecule has 0 fully saturated rings. The van der Waals surface area contributed by atoms with Crippen LogP contribution in [0.3, 0.4) is 0 Å². The van der Waals surface area contributed by atoms with Crippen LogP contribution in [-0.4, -0.2) is 63.7 Å². The lowest BCUT2D eigenvalue weighted by atomic mass is 10.1. The van der Waals surface area contributed by atoms with Gasteiger partial charge in [0, 0.05) is 29.4 Å². The maximum atomic E-state index is 11.5. The van der Waals surface area contributed by atoms with Gasteiger partial charge < -0.3 is 24.4 Å². The first-order valence-electron chi connectivity index (χ1n) is 10.1. The van der Waals surface area contributed by atoms with E-state index in [0.717, 1.165) is 23.1 Å². The van der Waals surface area contributed by atoms with Crippen molar-refractivity contribution in [2.75, 3.05) is 26.7 Å². The van der Waals surface area contributed by atoms with Gasteiger partial charge in [-0.05, 0) is 49.7 Å². The summed E-state index contributed by atoms with van der Waals surface area (Å²) in [4.78, 5) is 24.5. The molecule has 2 aromatic rings. The molecule has 1 heterocycles. The van der Waals surface area contributed by atoms with E-state index in [1.165, 1.54) is 5.37 Å². The number of likely N-dealkylation sites (N-methyl/N-ethyl adjacent to an activating group) is 1. The highest BCUT2D eigenvalue weighted by molar-refractivity contribution is 7.79. The van der Waals surface area contributed by atoms with Crippen LogP contribution in [0.25, 0.3) is 10.9 Å². The number of rotatable bonds is 13. The Bertz CT molecular complexity index is 1070. The van der Waals surface area contributed by atoms with Crippen molar-refractivity contribution in [2.24, 2.45) is 0 Å². The van der Waals surface area contributed by atoms with E-state index < -0.39 is 18.5 Å². The second-order valence-electron chi connectivity index (χ2n) is 7.27. The van der Waals surface area contributed by atoms with E-state index in [1.54, 1.807) is 28.8 Å². The van der Waals surface area contributed by atoms with E-state index in [-0.39, 0.29) is 6.54 Å². The van der Waals surface area contributed by atoms with Gasteiger partial charge in [0.1, 0.15) is 12.3 Å². The molecule has 0 aliphatic heterocycles. The van der Waals surface area contributed by atoms with Crippen molar-refractivity contribution < 1.29 is 24.5 Å². The van der Waals surface area contributed by atoms with E-state index in [9.17, 15) is 14.7 Å². The summed E-state index contributed by atoms with van der Waals surface area (Å²) in [5.74, 6) is -1.63. The number of carboxylic acids is 2. The molecule has 2 N–H and O–H groups in total. The highest BCUT2D eigenvalue weighted by Crippen LogP contribution is 2.30. The molecule has 1 aromatic heterocycles. The van der Waals surface area contributed by atoms with Gasteiger partial charge in [-0.2, -0.15) is 0 Å². The Morgan fingerprint density at radius 1 is 1.28 bits per heavy atom. The highest BCUT2D eigenvalue weighted by atomic mass is 32.1. The number of nitrogens with zero attached hydrogens (tertiary/aromatic N) is 2. The first-order valence-corrected chi connectivity index (χ1v) is 10.6. The maximum Gasteiger partial charge on any atom is 0.341 e. The third-order valence-corrected chi connectivity index (χ3v) is 5.19. The molecule has 0 aliphatic carbocycles. The van der Waals surface area contributed by atoms with Crippen molar-refractivity contribution in [1.82, 2.24) is 9.47 Å². The first-order chi connectivity index (χ1) is 15.3.